The van der Waals surface area contributed by atoms with Crippen LogP contribution >= 0.6 is 0 Å². The molecule has 2 heteroatoms. The molecule has 0 bridgehead atoms. The molecule has 2 atom stereocenters. The topological polar surface area (TPSA) is 20.3 Å². The quantitative estimate of drug-likeness (QED) is 0.749. The third-order valence-corrected chi connectivity index (χ3v) is 5.73. The predicted octanol–water partition coefficient (Wildman–Crippen LogP) is 4.88. The van der Waals surface area contributed by atoms with E-state index in [4.69, 9.17) is 0 Å². The Bertz CT molecular complexity index is 676. The van der Waals surface area contributed by atoms with E-state index in [1.165, 1.54) is 37.7 Å². The van der Waals surface area contributed by atoms with E-state index in [0.717, 1.165) is 12.1 Å². The van der Waals surface area contributed by atoms with Gasteiger partial charge in [0.25, 0.3) is 0 Å². The van der Waals surface area contributed by atoms with Crippen LogP contribution in [0.2, 0.25) is 0 Å². The van der Waals surface area contributed by atoms with E-state index in [2.05, 4.69) is 35.2 Å². The van der Waals surface area contributed by atoms with Gasteiger partial charge in [-0.2, -0.15) is 0 Å². The molecule has 0 amide bonds. The molecule has 24 heavy (non-hydrogen) atoms. The Labute approximate surface area is 144 Å². The van der Waals surface area contributed by atoms with Gasteiger partial charge in [-0.15, -0.1) is 0 Å². The number of ketones is 1. The second kappa shape index (κ2) is 6.90. The van der Waals surface area contributed by atoms with Gasteiger partial charge in [0.1, 0.15) is 0 Å². The van der Waals surface area contributed by atoms with Gasteiger partial charge in [-0.25, -0.2) is 0 Å². The molecular formula is C22H25NO. The van der Waals surface area contributed by atoms with Crippen molar-refractivity contribution in [2.75, 3.05) is 6.54 Å². The lowest BCUT2D eigenvalue weighted by Crippen LogP contribution is -2.57. The highest BCUT2D eigenvalue weighted by Crippen LogP contribution is 2.44. The van der Waals surface area contributed by atoms with Crippen LogP contribution in [0.15, 0.2) is 60.7 Å². The van der Waals surface area contributed by atoms with Gasteiger partial charge in [0.05, 0.1) is 5.92 Å². The normalized spacial score (nSPS) is 25.2. The zero-order valence-electron chi connectivity index (χ0n) is 14.1. The highest BCUT2D eigenvalue weighted by molar-refractivity contribution is 5.99. The first-order valence-corrected chi connectivity index (χ1v) is 9.24. The fraction of sp³-hybridized carbons (Fsp3) is 0.409. The second-order valence-electron chi connectivity index (χ2n) is 7.18. The molecule has 1 saturated heterocycles. The molecule has 0 aromatic heterocycles. The molecule has 1 aliphatic heterocycles. The summed E-state index contributed by atoms with van der Waals surface area (Å²) in [7, 11) is 0. The van der Waals surface area contributed by atoms with Crippen molar-refractivity contribution in [3.8, 4) is 0 Å². The number of nitrogens with zero attached hydrogens (tertiary/aromatic N) is 1. The van der Waals surface area contributed by atoms with E-state index < -0.39 is 0 Å². The molecule has 0 unspecified atom stereocenters. The van der Waals surface area contributed by atoms with Gasteiger partial charge in [-0.05, 0) is 18.4 Å². The number of likely N-dealkylation sites (tertiary alicyclic amines) is 1. The zero-order chi connectivity index (χ0) is 16.4. The number of carbonyl (C=O) groups excluding carboxylic acids is 1. The van der Waals surface area contributed by atoms with E-state index in [1.54, 1.807) is 0 Å². The van der Waals surface area contributed by atoms with Crippen LogP contribution in [0.25, 0.3) is 0 Å². The molecule has 1 saturated carbocycles. The number of hydrogen-bond acceptors (Lipinski definition) is 2. The minimum absolute atomic E-state index is 0.0942. The zero-order valence-corrected chi connectivity index (χ0v) is 14.1. The lowest BCUT2D eigenvalue weighted by atomic mass is 9.76. The molecule has 1 aliphatic carbocycles. The maximum absolute atomic E-state index is 13.0. The fourth-order valence-corrected chi connectivity index (χ4v) is 4.44. The van der Waals surface area contributed by atoms with Crippen molar-refractivity contribution >= 4 is 5.78 Å². The molecule has 2 aromatic rings. The number of Topliss-reactive ketones (excluding diaryl/α,β-unsaturated/α-hetero) is 1. The number of carbonyl (C=O) groups is 1. The van der Waals surface area contributed by atoms with Gasteiger partial charge in [0.2, 0.25) is 0 Å². The molecule has 2 nitrogen and oxygen atoms in total. The van der Waals surface area contributed by atoms with Gasteiger partial charge in [-0.3, -0.25) is 9.69 Å². The van der Waals surface area contributed by atoms with Crippen LogP contribution in [-0.4, -0.2) is 23.3 Å². The summed E-state index contributed by atoms with van der Waals surface area (Å²) in [5.74, 6) is 0.397. The van der Waals surface area contributed by atoms with Crippen molar-refractivity contribution in [2.45, 2.75) is 44.2 Å². The standard InChI is InChI=1S/C22H25NO/c24-22(18-12-6-2-7-13-18)20-16-23(19-14-8-3-9-15-19)21(20)17-10-4-1-5-11-17/h1-2,4-7,10-13,19-21H,3,8-9,14-16H2/t20-,21-/m0/s1. The average molecular weight is 319 g/mol. The Balaban J connectivity index is 1.59. The van der Waals surface area contributed by atoms with E-state index >= 15 is 0 Å². The van der Waals surface area contributed by atoms with Crippen LogP contribution in [0, 0.1) is 5.92 Å². The van der Waals surface area contributed by atoms with Crippen molar-refractivity contribution in [1.29, 1.82) is 0 Å². The van der Waals surface area contributed by atoms with E-state index in [9.17, 15) is 4.79 Å². The molecule has 0 radical (unpaired) electrons. The first-order valence-electron chi connectivity index (χ1n) is 9.24. The van der Waals surface area contributed by atoms with Gasteiger partial charge in [0, 0.05) is 24.2 Å². The average Bonchev–Trinajstić information content (AvgIpc) is 2.63. The fourth-order valence-electron chi connectivity index (χ4n) is 4.44. The smallest absolute Gasteiger partial charge is 0.169 e. The minimum atomic E-state index is 0.0942. The van der Waals surface area contributed by atoms with Gasteiger partial charge in [0.15, 0.2) is 5.78 Å². The Morgan fingerprint density at radius 2 is 1.46 bits per heavy atom. The van der Waals surface area contributed by atoms with Gasteiger partial charge in [-0.1, -0.05) is 79.9 Å². The van der Waals surface area contributed by atoms with Crippen LogP contribution in [0.4, 0.5) is 0 Å². The number of hydrogen-bond donors (Lipinski definition) is 0. The summed E-state index contributed by atoms with van der Waals surface area (Å²) in [6, 6.07) is 21.3. The summed E-state index contributed by atoms with van der Waals surface area (Å²) >= 11 is 0. The monoisotopic (exact) mass is 319 g/mol. The maximum Gasteiger partial charge on any atom is 0.169 e. The second-order valence-corrected chi connectivity index (χ2v) is 7.18. The summed E-state index contributed by atoms with van der Waals surface area (Å²) in [6.07, 6.45) is 6.61. The molecule has 2 fully saturated rings. The van der Waals surface area contributed by atoms with Crippen LogP contribution in [0.3, 0.4) is 0 Å². The molecule has 4 rings (SSSR count). The molecule has 2 aromatic carbocycles. The lowest BCUT2D eigenvalue weighted by molar-refractivity contribution is -0.0251. The van der Waals surface area contributed by atoms with Crippen molar-refractivity contribution in [1.82, 2.24) is 4.90 Å². The van der Waals surface area contributed by atoms with Crippen LogP contribution in [-0.2, 0) is 0 Å². The van der Waals surface area contributed by atoms with Crippen LogP contribution in [0.5, 0.6) is 0 Å². The Morgan fingerprint density at radius 3 is 2.12 bits per heavy atom. The highest BCUT2D eigenvalue weighted by Gasteiger charge is 2.47. The summed E-state index contributed by atoms with van der Waals surface area (Å²) < 4.78 is 0. The van der Waals surface area contributed by atoms with Crippen molar-refractivity contribution in [3.05, 3.63) is 71.8 Å². The predicted molar refractivity (Wildman–Crippen MR) is 97.0 cm³/mol. The summed E-state index contributed by atoms with van der Waals surface area (Å²) in [5, 5.41) is 0. The Hall–Kier alpha value is -1.93. The van der Waals surface area contributed by atoms with E-state index in [0.29, 0.717) is 11.8 Å². The molecule has 124 valence electrons. The SMILES string of the molecule is O=C(c1ccccc1)[C@H]1CN(C2CCCCC2)[C@H]1c1ccccc1. The molecule has 2 aliphatic rings. The molecule has 1 heterocycles. The first kappa shape index (κ1) is 15.6. The third kappa shape index (κ3) is 2.91. The summed E-state index contributed by atoms with van der Waals surface area (Å²) in [4.78, 5) is 15.6. The third-order valence-electron chi connectivity index (χ3n) is 5.73. The minimum Gasteiger partial charge on any atom is -0.294 e. The van der Waals surface area contributed by atoms with Crippen LogP contribution in [0.1, 0.15) is 54.1 Å². The Kier molecular flexibility index (Phi) is 4.48. The molecular weight excluding hydrogens is 294 g/mol. The first-order chi connectivity index (χ1) is 11.8. The van der Waals surface area contributed by atoms with Gasteiger partial charge < -0.3 is 0 Å². The van der Waals surface area contributed by atoms with Crippen molar-refractivity contribution in [2.24, 2.45) is 5.92 Å². The number of rotatable bonds is 4. The van der Waals surface area contributed by atoms with E-state index in [1.807, 2.05) is 30.3 Å². The van der Waals surface area contributed by atoms with Crippen LogP contribution < -0.4 is 0 Å². The largest absolute Gasteiger partial charge is 0.294 e. The summed E-state index contributed by atoms with van der Waals surface area (Å²) in [6.45, 7) is 0.915. The maximum atomic E-state index is 13.0. The summed E-state index contributed by atoms with van der Waals surface area (Å²) in [5.41, 5.74) is 2.15. The lowest BCUT2D eigenvalue weighted by Gasteiger charge is -2.52. The van der Waals surface area contributed by atoms with Crippen molar-refractivity contribution < 1.29 is 4.79 Å². The highest BCUT2D eigenvalue weighted by atomic mass is 16.1. The Morgan fingerprint density at radius 1 is 0.833 bits per heavy atom. The number of benzene rings is 2. The van der Waals surface area contributed by atoms with E-state index in [-0.39, 0.29) is 12.0 Å². The molecule has 0 N–H and O–H groups in total. The van der Waals surface area contributed by atoms with Crippen molar-refractivity contribution in [3.63, 3.8) is 0 Å². The van der Waals surface area contributed by atoms with Gasteiger partial charge >= 0.3 is 0 Å². The molecule has 0 spiro atoms.